The summed E-state index contributed by atoms with van der Waals surface area (Å²) in [4.78, 5) is 51.0. The van der Waals surface area contributed by atoms with Crippen molar-refractivity contribution in [2.24, 2.45) is 11.8 Å². The van der Waals surface area contributed by atoms with Gasteiger partial charge in [-0.3, -0.25) is 14.4 Å². The van der Waals surface area contributed by atoms with E-state index >= 15 is 0 Å². The lowest BCUT2D eigenvalue weighted by atomic mass is 9.74. The van der Waals surface area contributed by atoms with Crippen LogP contribution in [0, 0.1) is 11.8 Å². The van der Waals surface area contributed by atoms with Gasteiger partial charge in [0.2, 0.25) is 11.8 Å². The first-order valence-corrected chi connectivity index (χ1v) is 16.5. The molecule has 4 heterocycles. The molecule has 4 aliphatic rings. The number of thioether (sulfide) groups is 1. The van der Waals surface area contributed by atoms with E-state index in [0.29, 0.717) is 39.0 Å². The molecule has 42 heavy (non-hydrogen) atoms. The van der Waals surface area contributed by atoms with Gasteiger partial charge in [0.1, 0.15) is 6.04 Å². The summed E-state index contributed by atoms with van der Waals surface area (Å²) in [6, 6.07) is 7.41. The number of aliphatic hydroxyl groups excluding tert-OH is 1. The second kappa shape index (κ2) is 12.4. The minimum Gasteiger partial charge on any atom is -0.396 e. The van der Waals surface area contributed by atoms with E-state index in [9.17, 15) is 19.5 Å². The summed E-state index contributed by atoms with van der Waals surface area (Å²) >= 11 is 1.64. The van der Waals surface area contributed by atoms with Crippen LogP contribution in [0.5, 0.6) is 0 Å². The standard InChI is InChI=1S/C33H46N4O4S/c1-5-19-35-20-11-17-32(4)26(29(35)39)27-30(40)37(21-9-8-10-23-38)28-31(41)36(22-12-18-33(27,28)42-32)25-15-13-24(14-16-25)34(6-2)7-3/h11-18,26-28,38H,5-10,19-23H2,1-4H3/t26-,27-,28?,32+,33-/m0/s1. The van der Waals surface area contributed by atoms with E-state index in [1.54, 1.807) is 21.6 Å². The van der Waals surface area contributed by atoms with Crippen molar-refractivity contribution in [3.05, 3.63) is 48.6 Å². The number of hydrogen-bond acceptors (Lipinski definition) is 6. The summed E-state index contributed by atoms with van der Waals surface area (Å²) in [6.07, 6.45) is 11.3. The maximum Gasteiger partial charge on any atom is 0.251 e. The van der Waals surface area contributed by atoms with Crippen LogP contribution in [-0.2, 0) is 14.4 Å². The minimum atomic E-state index is -0.838. The number of aliphatic hydroxyl groups is 1. The van der Waals surface area contributed by atoms with Gasteiger partial charge in [-0.25, -0.2) is 0 Å². The normalized spacial score (nSPS) is 30.4. The Morgan fingerprint density at radius 3 is 2.26 bits per heavy atom. The molecule has 9 heteroatoms. The molecule has 1 N–H and O–H groups in total. The number of carbonyl (C=O) groups is 3. The number of hydrogen-bond donors (Lipinski definition) is 1. The molecule has 2 saturated heterocycles. The van der Waals surface area contributed by atoms with E-state index < -0.39 is 27.4 Å². The van der Waals surface area contributed by atoms with E-state index in [-0.39, 0.29) is 24.3 Å². The number of unbranched alkanes of at least 4 members (excludes halogenated alkanes) is 2. The summed E-state index contributed by atoms with van der Waals surface area (Å²) < 4.78 is -1.43. The molecule has 0 saturated carbocycles. The van der Waals surface area contributed by atoms with Crippen molar-refractivity contribution >= 4 is 40.9 Å². The number of rotatable bonds is 11. The predicted molar refractivity (Wildman–Crippen MR) is 170 cm³/mol. The van der Waals surface area contributed by atoms with Crippen molar-refractivity contribution in [1.82, 2.24) is 9.80 Å². The largest absolute Gasteiger partial charge is 0.396 e. The predicted octanol–water partition coefficient (Wildman–Crippen LogP) is 4.09. The van der Waals surface area contributed by atoms with Gasteiger partial charge < -0.3 is 24.7 Å². The van der Waals surface area contributed by atoms with Gasteiger partial charge in [-0.1, -0.05) is 31.2 Å². The molecular weight excluding hydrogens is 548 g/mol. The van der Waals surface area contributed by atoms with Crippen LogP contribution in [-0.4, -0.2) is 94.0 Å². The van der Waals surface area contributed by atoms with Crippen LogP contribution in [0.3, 0.4) is 0 Å². The zero-order valence-corrected chi connectivity index (χ0v) is 26.3. The number of carbonyl (C=O) groups excluding carboxylic acids is 3. The lowest BCUT2D eigenvalue weighted by molar-refractivity contribution is -0.143. The van der Waals surface area contributed by atoms with Crippen molar-refractivity contribution in [1.29, 1.82) is 0 Å². The van der Waals surface area contributed by atoms with Gasteiger partial charge in [-0.15, -0.1) is 11.8 Å². The van der Waals surface area contributed by atoms with Crippen LogP contribution in [0.15, 0.2) is 48.6 Å². The zero-order valence-electron chi connectivity index (χ0n) is 25.5. The first-order valence-electron chi connectivity index (χ1n) is 15.7. The molecule has 2 fully saturated rings. The summed E-state index contributed by atoms with van der Waals surface area (Å²) in [6.45, 7) is 12.3. The minimum absolute atomic E-state index is 0.0156. The van der Waals surface area contributed by atoms with Crippen LogP contribution in [0.25, 0.3) is 0 Å². The highest BCUT2D eigenvalue weighted by molar-refractivity contribution is 8.02. The molecule has 0 bridgehead atoms. The third kappa shape index (κ3) is 5.06. The van der Waals surface area contributed by atoms with Crippen LogP contribution < -0.4 is 9.80 Å². The zero-order chi connectivity index (χ0) is 30.1. The van der Waals surface area contributed by atoms with Gasteiger partial charge in [0.15, 0.2) is 0 Å². The first kappa shape index (κ1) is 30.7. The number of benzene rings is 1. The van der Waals surface area contributed by atoms with Gasteiger partial charge in [0.05, 0.1) is 16.6 Å². The quantitative estimate of drug-likeness (QED) is 0.307. The van der Waals surface area contributed by atoms with Crippen LogP contribution in [0.1, 0.15) is 53.4 Å². The highest BCUT2D eigenvalue weighted by atomic mass is 32.2. The SMILES string of the molecule is CCCN1CC=C[C@@]2(C)S[C@]34C=CCN(c5ccc(N(CC)CC)cc5)C(=O)C3N(CCCCCO)C(=O)[C@@H]4[C@H]2C1=O. The number of fused-ring (bicyclic) bond motifs is 2. The molecule has 3 amide bonds. The van der Waals surface area contributed by atoms with Gasteiger partial charge >= 0.3 is 0 Å². The van der Waals surface area contributed by atoms with E-state index in [2.05, 4.69) is 63.0 Å². The van der Waals surface area contributed by atoms with Gasteiger partial charge in [0.25, 0.3) is 5.91 Å². The van der Waals surface area contributed by atoms with Crippen molar-refractivity contribution in [2.75, 3.05) is 55.7 Å². The molecule has 1 aromatic rings. The molecule has 228 valence electrons. The summed E-state index contributed by atoms with van der Waals surface area (Å²) in [5, 5.41) is 9.33. The average Bonchev–Trinajstić information content (AvgIpc) is 3.25. The Hall–Kier alpha value is -2.78. The second-order valence-electron chi connectivity index (χ2n) is 12.0. The Bertz CT molecular complexity index is 1230. The Kier molecular flexibility index (Phi) is 9.09. The maximum atomic E-state index is 14.7. The van der Waals surface area contributed by atoms with E-state index in [0.717, 1.165) is 37.3 Å². The highest BCUT2D eigenvalue weighted by Gasteiger charge is 2.73. The molecule has 1 spiro atoms. The second-order valence-corrected chi connectivity index (χ2v) is 13.8. The van der Waals surface area contributed by atoms with Gasteiger partial charge in [-0.05, 0) is 70.7 Å². The molecule has 1 unspecified atom stereocenters. The van der Waals surface area contributed by atoms with Gasteiger partial charge in [0, 0.05) is 62.0 Å². The Morgan fingerprint density at radius 2 is 1.60 bits per heavy atom. The third-order valence-electron chi connectivity index (χ3n) is 9.48. The molecular formula is C33H46N4O4S. The molecule has 0 aromatic heterocycles. The average molecular weight is 595 g/mol. The summed E-state index contributed by atoms with van der Waals surface area (Å²) in [7, 11) is 0. The Balaban J connectivity index is 1.55. The lowest BCUT2D eigenvalue weighted by Gasteiger charge is -2.37. The van der Waals surface area contributed by atoms with E-state index in [1.165, 1.54) is 0 Å². The maximum absolute atomic E-state index is 14.7. The number of nitrogens with zero attached hydrogens (tertiary/aromatic N) is 4. The Labute approximate surface area is 254 Å². The van der Waals surface area contributed by atoms with Crippen LogP contribution >= 0.6 is 11.8 Å². The highest BCUT2D eigenvalue weighted by Crippen LogP contribution is 2.65. The van der Waals surface area contributed by atoms with Crippen molar-refractivity contribution in [3.8, 4) is 0 Å². The lowest BCUT2D eigenvalue weighted by Crippen LogP contribution is -2.53. The van der Waals surface area contributed by atoms with Crippen molar-refractivity contribution in [3.63, 3.8) is 0 Å². The van der Waals surface area contributed by atoms with Crippen molar-refractivity contribution < 1.29 is 19.5 Å². The molecule has 1 aromatic carbocycles. The van der Waals surface area contributed by atoms with Crippen molar-refractivity contribution in [2.45, 2.75) is 68.9 Å². The number of likely N-dealkylation sites (tertiary alicyclic amines) is 1. The molecule has 0 aliphatic carbocycles. The fourth-order valence-electron chi connectivity index (χ4n) is 7.52. The third-order valence-corrected chi connectivity index (χ3v) is 11.3. The smallest absolute Gasteiger partial charge is 0.251 e. The van der Waals surface area contributed by atoms with Gasteiger partial charge in [-0.2, -0.15) is 0 Å². The molecule has 0 radical (unpaired) electrons. The number of anilines is 2. The fraction of sp³-hybridized carbons (Fsp3) is 0.606. The molecule has 8 nitrogen and oxygen atoms in total. The fourth-order valence-corrected chi connectivity index (χ4v) is 9.68. The Morgan fingerprint density at radius 1 is 0.881 bits per heavy atom. The summed E-state index contributed by atoms with van der Waals surface area (Å²) in [5.74, 6) is -1.33. The molecule has 4 aliphatic heterocycles. The number of amides is 3. The topological polar surface area (TPSA) is 84.4 Å². The van der Waals surface area contributed by atoms with Crippen LogP contribution in [0.2, 0.25) is 0 Å². The summed E-state index contributed by atoms with van der Waals surface area (Å²) in [5.41, 5.74) is 1.92. The molecule has 5 atom stereocenters. The van der Waals surface area contributed by atoms with Crippen LogP contribution in [0.4, 0.5) is 11.4 Å². The van der Waals surface area contributed by atoms with E-state index in [1.807, 2.05) is 23.1 Å². The van der Waals surface area contributed by atoms with E-state index in [4.69, 9.17) is 0 Å². The monoisotopic (exact) mass is 594 g/mol. The first-order chi connectivity index (χ1) is 20.3. The molecule has 5 rings (SSSR count).